The molecular weight excluding hydrogens is 472 g/mol. The molecule has 37 heavy (non-hydrogen) atoms. The Morgan fingerprint density at radius 3 is 1.92 bits per heavy atom. The van der Waals surface area contributed by atoms with Crippen LogP contribution in [0.2, 0.25) is 5.04 Å². The normalized spacial score (nSPS) is 12.2. The molecule has 0 bridgehead atoms. The van der Waals surface area contributed by atoms with Crippen molar-refractivity contribution >= 4 is 24.7 Å². The lowest BCUT2D eigenvalue weighted by Crippen LogP contribution is -2.66. The summed E-state index contributed by atoms with van der Waals surface area (Å²) in [5.41, 5.74) is 0. The summed E-state index contributed by atoms with van der Waals surface area (Å²) in [6.07, 6.45) is 16.0. The number of carbonyl (C=O) groups is 1. The van der Waals surface area contributed by atoms with E-state index >= 15 is 0 Å². The van der Waals surface area contributed by atoms with E-state index in [2.05, 4.69) is 94.4 Å². The van der Waals surface area contributed by atoms with E-state index in [0.29, 0.717) is 13.0 Å². The fourth-order valence-electron chi connectivity index (χ4n) is 4.98. The zero-order valence-electron chi connectivity index (χ0n) is 23.8. The molecule has 4 heteroatoms. The smallest absolute Gasteiger partial charge is 0.306 e. The van der Waals surface area contributed by atoms with Gasteiger partial charge >= 0.3 is 5.97 Å². The molecule has 0 saturated heterocycles. The van der Waals surface area contributed by atoms with Crippen LogP contribution >= 0.6 is 0 Å². The number of ether oxygens (including phenoxy) is 1. The first-order valence-corrected chi connectivity index (χ1v) is 16.4. The van der Waals surface area contributed by atoms with Crippen LogP contribution in [0.1, 0.15) is 98.3 Å². The highest BCUT2D eigenvalue weighted by atomic mass is 28.4. The van der Waals surface area contributed by atoms with Crippen LogP contribution in [-0.4, -0.2) is 27.5 Å². The molecule has 0 aromatic heterocycles. The van der Waals surface area contributed by atoms with Crippen molar-refractivity contribution in [3.05, 3.63) is 72.8 Å². The second kappa shape index (κ2) is 17.4. The molecule has 0 amide bonds. The third kappa shape index (κ3) is 10.6. The van der Waals surface area contributed by atoms with Gasteiger partial charge in [-0.25, -0.2) is 0 Å². The maximum Gasteiger partial charge on any atom is 0.306 e. The first-order valence-electron chi connectivity index (χ1n) is 14.5. The summed E-state index contributed by atoms with van der Waals surface area (Å²) in [6.45, 7) is 10.4. The molecule has 0 atom stereocenters. The molecule has 2 aromatic rings. The summed E-state index contributed by atoms with van der Waals surface area (Å²) in [4.78, 5) is 12.0. The van der Waals surface area contributed by atoms with E-state index in [1.807, 2.05) is 6.08 Å². The summed E-state index contributed by atoms with van der Waals surface area (Å²) in [6, 6.07) is 21.7. The van der Waals surface area contributed by atoms with E-state index in [1.54, 1.807) is 0 Å². The maximum absolute atomic E-state index is 12.0. The molecule has 0 fully saturated rings. The van der Waals surface area contributed by atoms with E-state index < -0.39 is 8.32 Å². The van der Waals surface area contributed by atoms with E-state index in [9.17, 15) is 4.79 Å². The molecule has 204 valence electrons. The molecule has 0 radical (unpaired) electrons. The zero-order chi connectivity index (χ0) is 26.8. The summed E-state index contributed by atoms with van der Waals surface area (Å²) in [7, 11) is -2.43. The van der Waals surface area contributed by atoms with Crippen LogP contribution in [0.15, 0.2) is 72.8 Å². The summed E-state index contributed by atoms with van der Waals surface area (Å²) >= 11 is 0. The minimum absolute atomic E-state index is 0.0142. The molecule has 0 saturated carbocycles. The highest BCUT2D eigenvalue weighted by Crippen LogP contribution is 2.36. The van der Waals surface area contributed by atoms with Crippen molar-refractivity contribution in [1.29, 1.82) is 0 Å². The van der Waals surface area contributed by atoms with Gasteiger partial charge in [0.15, 0.2) is 0 Å². The van der Waals surface area contributed by atoms with E-state index in [1.165, 1.54) is 36.1 Å². The van der Waals surface area contributed by atoms with Gasteiger partial charge in [-0.3, -0.25) is 4.79 Å². The fraction of sp³-hybridized carbons (Fsp3) is 0.545. The van der Waals surface area contributed by atoms with Crippen LogP contribution < -0.4 is 10.4 Å². The highest BCUT2D eigenvalue weighted by molar-refractivity contribution is 6.99. The SMILES string of the molecule is CCCCCC/C=C\COC(=O)CCCCCCCO[Si](c1ccccc1)(c1ccccc1)C(C)(C)C. The van der Waals surface area contributed by atoms with Crippen molar-refractivity contribution in [3.63, 3.8) is 0 Å². The summed E-state index contributed by atoms with van der Waals surface area (Å²) in [5.74, 6) is -0.0781. The average Bonchev–Trinajstić information content (AvgIpc) is 2.89. The van der Waals surface area contributed by atoms with Gasteiger partial charge in [-0.2, -0.15) is 0 Å². The lowest BCUT2D eigenvalue weighted by atomic mass is 10.1. The number of allylic oxidation sites excluding steroid dienone is 1. The predicted octanol–water partition coefficient (Wildman–Crippen LogP) is 7.97. The molecule has 0 heterocycles. The van der Waals surface area contributed by atoms with Crippen LogP contribution in [0.25, 0.3) is 0 Å². The van der Waals surface area contributed by atoms with E-state index in [-0.39, 0.29) is 11.0 Å². The third-order valence-electron chi connectivity index (χ3n) is 6.99. The summed E-state index contributed by atoms with van der Waals surface area (Å²) in [5, 5.41) is 2.68. The van der Waals surface area contributed by atoms with Crippen molar-refractivity contribution in [1.82, 2.24) is 0 Å². The Labute approximate surface area is 227 Å². The van der Waals surface area contributed by atoms with Gasteiger partial charge in [0.2, 0.25) is 0 Å². The Balaban J connectivity index is 1.71. The van der Waals surface area contributed by atoms with Gasteiger partial charge in [0.1, 0.15) is 6.61 Å². The van der Waals surface area contributed by atoms with Crippen LogP contribution in [0.3, 0.4) is 0 Å². The lowest BCUT2D eigenvalue weighted by molar-refractivity contribution is -0.142. The number of hydrogen-bond donors (Lipinski definition) is 0. The Bertz CT molecular complexity index is 847. The molecule has 0 N–H and O–H groups in total. The van der Waals surface area contributed by atoms with Gasteiger partial charge in [0, 0.05) is 13.0 Å². The highest BCUT2D eigenvalue weighted by Gasteiger charge is 2.49. The van der Waals surface area contributed by atoms with Crippen molar-refractivity contribution in [2.45, 2.75) is 103 Å². The molecule has 0 spiro atoms. The number of benzene rings is 2. The number of unbranched alkanes of at least 4 members (excludes halogenated alkanes) is 8. The molecule has 2 aromatic carbocycles. The Morgan fingerprint density at radius 1 is 0.757 bits per heavy atom. The first kappa shape index (κ1) is 31.0. The van der Waals surface area contributed by atoms with Gasteiger partial charge in [-0.05, 0) is 41.1 Å². The average molecular weight is 523 g/mol. The maximum atomic E-state index is 12.0. The monoisotopic (exact) mass is 522 g/mol. The molecule has 0 aliphatic heterocycles. The van der Waals surface area contributed by atoms with Crippen LogP contribution in [0, 0.1) is 0 Å². The molecule has 2 rings (SSSR count). The van der Waals surface area contributed by atoms with Crippen molar-refractivity contribution in [2.75, 3.05) is 13.2 Å². The van der Waals surface area contributed by atoms with Crippen molar-refractivity contribution in [3.8, 4) is 0 Å². The number of esters is 1. The quantitative estimate of drug-likeness (QED) is 0.0862. The zero-order valence-corrected chi connectivity index (χ0v) is 24.8. The fourth-order valence-corrected chi connectivity index (χ4v) is 9.58. The molecule has 0 aliphatic rings. The van der Waals surface area contributed by atoms with Gasteiger partial charge in [0.05, 0.1) is 0 Å². The Hall–Kier alpha value is -2.17. The van der Waals surface area contributed by atoms with Crippen LogP contribution in [0.4, 0.5) is 0 Å². The van der Waals surface area contributed by atoms with Crippen LogP contribution in [-0.2, 0) is 14.0 Å². The number of rotatable bonds is 18. The Kier molecular flexibility index (Phi) is 14.6. The van der Waals surface area contributed by atoms with Crippen LogP contribution in [0.5, 0.6) is 0 Å². The molecular formula is C33H50O3Si. The number of hydrogen-bond acceptors (Lipinski definition) is 3. The second-order valence-electron chi connectivity index (χ2n) is 11.0. The largest absolute Gasteiger partial charge is 0.461 e. The van der Waals surface area contributed by atoms with Gasteiger partial charge < -0.3 is 9.16 Å². The summed E-state index contributed by atoms with van der Waals surface area (Å²) < 4.78 is 12.3. The lowest BCUT2D eigenvalue weighted by Gasteiger charge is -2.43. The Morgan fingerprint density at radius 2 is 1.32 bits per heavy atom. The topological polar surface area (TPSA) is 35.5 Å². The van der Waals surface area contributed by atoms with E-state index in [0.717, 1.165) is 45.1 Å². The van der Waals surface area contributed by atoms with Crippen molar-refractivity contribution in [2.24, 2.45) is 0 Å². The molecule has 0 aliphatic carbocycles. The van der Waals surface area contributed by atoms with Gasteiger partial charge in [0.25, 0.3) is 8.32 Å². The van der Waals surface area contributed by atoms with E-state index in [4.69, 9.17) is 9.16 Å². The third-order valence-corrected chi connectivity index (χ3v) is 12.0. The standard InChI is InChI=1S/C33H50O3Si/c1-5-6-7-8-9-12-21-28-35-32(34)27-20-11-10-13-22-29-36-37(33(2,3)4,30-23-16-14-17-24-30)31-25-18-15-19-26-31/h12,14-19,21,23-26H,5-11,13,20,22,27-29H2,1-4H3/b21-12-. The minimum atomic E-state index is -2.43. The molecule has 0 unspecified atom stereocenters. The molecule has 3 nitrogen and oxygen atoms in total. The second-order valence-corrected chi connectivity index (χ2v) is 15.3. The van der Waals surface area contributed by atoms with Crippen molar-refractivity contribution < 1.29 is 14.0 Å². The van der Waals surface area contributed by atoms with Gasteiger partial charge in [-0.1, -0.05) is 139 Å². The number of carbonyl (C=O) groups excluding carboxylic acids is 1. The van der Waals surface area contributed by atoms with Gasteiger partial charge in [-0.15, -0.1) is 0 Å². The predicted molar refractivity (Wildman–Crippen MR) is 160 cm³/mol. The first-order chi connectivity index (χ1) is 17.9. The minimum Gasteiger partial charge on any atom is -0.461 e.